The highest BCUT2D eigenvalue weighted by Gasteiger charge is 2.37. The maximum absolute atomic E-state index is 12.6. The van der Waals surface area contributed by atoms with Gasteiger partial charge in [0.15, 0.2) is 5.13 Å². The highest BCUT2D eigenvalue weighted by Crippen LogP contribution is 2.32. The molecule has 2 aromatic rings. The van der Waals surface area contributed by atoms with Crippen molar-refractivity contribution in [3.05, 3.63) is 64.1 Å². The number of aromatic nitrogens is 1. The lowest BCUT2D eigenvalue weighted by molar-refractivity contribution is -0.384. The zero-order valence-corrected chi connectivity index (χ0v) is 14.9. The number of nitrogens with zero attached hydrogens (tertiary/aromatic N) is 2. The molecule has 3 rings (SSSR count). The summed E-state index contributed by atoms with van der Waals surface area (Å²) in [5, 5.41) is 12.8. The lowest BCUT2D eigenvalue weighted by Crippen LogP contribution is -2.38. The van der Waals surface area contributed by atoms with E-state index in [-0.39, 0.29) is 10.8 Å². The summed E-state index contributed by atoms with van der Waals surface area (Å²) in [4.78, 5) is 14.6. The third-order valence-corrected chi connectivity index (χ3v) is 6.79. The van der Waals surface area contributed by atoms with Crippen LogP contribution in [0.1, 0.15) is 13.3 Å². The fraction of sp³-hybridized carbons (Fsp3) is 0.188. The zero-order chi connectivity index (χ0) is 18.1. The van der Waals surface area contributed by atoms with Crippen LogP contribution in [0.4, 0.5) is 10.8 Å². The van der Waals surface area contributed by atoms with Crippen molar-refractivity contribution < 1.29 is 13.3 Å². The first-order chi connectivity index (χ1) is 11.8. The van der Waals surface area contributed by atoms with Crippen LogP contribution in [-0.4, -0.2) is 23.1 Å². The Labute approximate surface area is 148 Å². The molecular weight excluding hydrogens is 362 g/mol. The second-order valence-corrected chi connectivity index (χ2v) is 8.76. The number of nitrogens with one attached hydrogen (secondary N) is 1. The Morgan fingerprint density at radius 2 is 2.16 bits per heavy atom. The van der Waals surface area contributed by atoms with Gasteiger partial charge in [0.2, 0.25) is 10.0 Å². The molecule has 7 nitrogen and oxygen atoms in total. The normalized spacial score (nSPS) is 19.7. The third kappa shape index (κ3) is 3.47. The molecule has 0 fully saturated rings. The maximum Gasteiger partial charge on any atom is 0.270 e. The van der Waals surface area contributed by atoms with E-state index in [1.807, 2.05) is 0 Å². The highest BCUT2D eigenvalue weighted by atomic mass is 32.2. The van der Waals surface area contributed by atoms with Gasteiger partial charge in [-0.15, -0.1) is 11.3 Å². The number of hydrogen-bond acceptors (Lipinski definition) is 6. The topological polar surface area (TPSA) is 102 Å². The molecule has 25 heavy (non-hydrogen) atoms. The van der Waals surface area contributed by atoms with Crippen LogP contribution in [0.3, 0.4) is 0 Å². The van der Waals surface area contributed by atoms with Gasteiger partial charge in [-0.1, -0.05) is 36.4 Å². The SMILES string of the molecule is CC1(S(=O)(=O)Nc2nc(-c3cccc([N+](=O)[O-])c3)cs2)C=CC=CC1. The first-order valence-corrected chi connectivity index (χ1v) is 9.74. The number of anilines is 1. The van der Waals surface area contributed by atoms with Crippen LogP contribution in [-0.2, 0) is 10.0 Å². The molecule has 0 saturated heterocycles. The van der Waals surface area contributed by atoms with E-state index in [2.05, 4.69) is 9.71 Å². The van der Waals surface area contributed by atoms with Crippen LogP contribution in [0.15, 0.2) is 53.9 Å². The number of nitro benzene ring substituents is 1. The number of non-ortho nitro benzene ring substituents is 1. The molecule has 1 N–H and O–H groups in total. The van der Waals surface area contributed by atoms with Crippen molar-refractivity contribution in [3.8, 4) is 11.3 Å². The Hall–Kier alpha value is -2.52. The van der Waals surface area contributed by atoms with Crippen molar-refractivity contribution in [1.82, 2.24) is 4.98 Å². The summed E-state index contributed by atoms with van der Waals surface area (Å²) in [6.45, 7) is 1.64. The van der Waals surface area contributed by atoms with Gasteiger partial charge >= 0.3 is 0 Å². The Morgan fingerprint density at radius 3 is 2.84 bits per heavy atom. The molecule has 1 atom stereocenters. The average Bonchev–Trinajstić information content (AvgIpc) is 3.03. The molecule has 1 aromatic carbocycles. The van der Waals surface area contributed by atoms with Gasteiger partial charge in [-0.25, -0.2) is 13.4 Å². The van der Waals surface area contributed by atoms with E-state index in [0.29, 0.717) is 17.7 Å². The molecule has 1 aromatic heterocycles. The van der Waals surface area contributed by atoms with Crippen LogP contribution in [0.2, 0.25) is 0 Å². The van der Waals surface area contributed by atoms with E-state index < -0.39 is 19.7 Å². The largest absolute Gasteiger partial charge is 0.270 e. The van der Waals surface area contributed by atoms with E-state index in [1.54, 1.807) is 48.7 Å². The van der Waals surface area contributed by atoms with E-state index in [0.717, 1.165) is 11.3 Å². The maximum atomic E-state index is 12.6. The fourth-order valence-corrected chi connectivity index (χ4v) is 4.54. The van der Waals surface area contributed by atoms with Crippen LogP contribution < -0.4 is 4.72 Å². The van der Waals surface area contributed by atoms with Gasteiger partial charge in [0, 0.05) is 23.1 Å². The zero-order valence-electron chi connectivity index (χ0n) is 13.2. The summed E-state index contributed by atoms with van der Waals surface area (Å²) >= 11 is 1.13. The Bertz CT molecular complexity index is 979. The van der Waals surface area contributed by atoms with Gasteiger partial charge in [0.25, 0.3) is 5.69 Å². The minimum atomic E-state index is -3.67. The lowest BCUT2D eigenvalue weighted by Gasteiger charge is -2.26. The van der Waals surface area contributed by atoms with Gasteiger partial charge in [-0.3, -0.25) is 14.8 Å². The number of benzene rings is 1. The van der Waals surface area contributed by atoms with E-state index in [1.165, 1.54) is 12.1 Å². The average molecular weight is 377 g/mol. The van der Waals surface area contributed by atoms with E-state index >= 15 is 0 Å². The van der Waals surface area contributed by atoms with E-state index in [4.69, 9.17) is 0 Å². The predicted molar refractivity (Wildman–Crippen MR) is 98.0 cm³/mol. The molecule has 0 spiro atoms. The van der Waals surface area contributed by atoms with Crippen molar-refractivity contribution in [2.75, 3.05) is 4.72 Å². The third-order valence-electron chi connectivity index (χ3n) is 3.91. The number of hydrogen-bond donors (Lipinski definition) is 1. The summed E-state index contributed by atoms with van der Waals surface area (Å²) in [5.41, 5.74) is 0.998. The number of allylic oxidation sites excluding steroid dienone is 3. The minimum absolute atomic E-state index is 0.0423. The molecule has 0 saturated carbocycles. The van der Waals surface area contributed by atoms with Crippen molar-refractivity contribution in [1.29, 1.82) is 0 Å². The number of rotatable bonds is 5. The minimum Gasteiger partial charge on any atom is -0.258 e. The van der Waals surface area contributed by atoms with Gasteiger partial charge < -0.3 is 0 Å². The summed E-state index contributed by atoms with van der Waals surface area (Å²) < 4.78 is 26.8. The van der Waals surface area contributed by atoms with E-state index in [9.17, 15) is 18.5 Å². The summed E-state index contributed by atoms with van der Waals surface area (Å²) in [7, 11) is -3.67. The molecule has 0 amide bonds. The predicted octanol–water partition coefficient (Wildman–Crippen LogP) is 3.73. The molecule has 0 bridgehead atoms. The highest BCUT2D eigenvalue weighted by molar-refractivity contribution is 7.94. The molecule has 9 heteroatoms. The van der Waals surface area contributed by atoms with Gasteiger partial charge in [0.05, 0.1) is 10.6 Å². The van der Waals surface area contributed by atoms with Crippen LogP contribution in [0, 0.1) is 10.1 Å². The van der Waals surface area contributed by atoms with Crippen LogP contribution in [0.5, 0.6) is 0 Å². The van der Waals surface area contributed by atoms with Gasteiger partial charge in [-0.05, 0) is 13.3 Å². The molecule has 1 aliphatic carbocycles. The smallest absolute Gasteiger partial charge is 0.258 e. The number of nitro groups is 1. The second kappa shape index (κ2) is 6.41. The van der Waals surface area contributed by atoms with Crippen molar-refractivity contribution in [2.24, 2.45) is 0 Å². The molecule has 0 aliphatic heterocycles. The van der Waals surface area contributed by atoms with Crippen molar-refractivity contribution >= 4 is 32.2 Å². The first kappa shape index (κ1) is 17.3. The molecule has 1 aliphatic rings. The van der Waals surface area contributed by atoms with Gasteiger partial charge in [-0.2, -0.15) is 0 Å². The molecule has 1 unspecified atom stereocenters. The number of thiazole rings is 1. The monoisotopic (exact) mass is 377 g/mol. The van der Waals surface area contributed by atoms with Gasteiger partial charge in [0.1, 0.15) is 4.75 Å². The fourth-order valence-electron chi connectivity index (χ4n) is 2.37. The Balaban J connectivity index is 1.85. The molecule has 1 heterocycles. The summed E-state index contributed by atoms with van der Waals surface area (Å²) in [6, 6.07) is 6.06. The Morgan fingerprint density at radius 1 is 1.36 bits per heavy atom. The van der Waals surface area contributed by atoms with Crippen molar-refractivity contribution in [2.45, 2.75) is 18.1 Å². The summed E-state index contributed by atoms with van der Waals surface area (Å²) in [5.74, 6) is 0. The van der Waals surface area contributed by atoms with Crippen molar-refractivity contribution in [3.63, 3.8) is 0 Å². The number of sulfonamides is 1. The quantitative estimate of drug-likeness (QED) is 0.632. The lowest BCUT2D eigenvalue weighted by atomic mass is 10.0. The Kier molecular flexibility index (Phi) is 4.44. The summed E-state index contributed by atoms with van der Waals surface area (Å²) in [6.07, 6.45) is 7.34. The van der Waals surface area contributed by atoms with Crippen LogP contribution >= 0.6 is 11.3 Å². The van der Waals surface area contributed by atoms with Crippen LogP contribution in [0.25, 0.3) is 11.3 Å². The standard InChI is InChI=1S/C16H15N3O4S2/c1-16(8-3-2-4-9-16)25(22,23)18-15-17-14(11-24-15)12-6-5-7-13(10-12)19(20)21/h2-8,10-11H,9H2,1H3,(H,17,18). The molecular formula is C16H15N3O4S2. The second-order valence-electron chi connectivity index (χ2n) is 5.75. The first-order valence-electron chi connectivity index (χ1n) is 7.38. The molecule has 130 valence electrons. The molecule has 0 radical (unpaired) electrons.